The molecule has 21 heavy (non-hydrogen) atoms. The van der Waals surface area contributed by atoms with E-state index in [0.29, 0.717) is 0 Å². The summed E-state index contributed by atoms with van der Waals surface area (Å²) in [7, 11) is 0. The molecule has 0 radical (unpaired) electrons. The molecule has 2 aliphatic heterocycles. The molecule has 0 spiro atoms. The van der Waals surface area contributed by atoms with Gasteiger partial charge < -0.3 is 5.11 Å². The SMILES string of the molecule is OCC#Cc1csc(CN2CC3C[C@@H]4CC2C[C@H](C3)C4)c1. The maximum absolute atomic E-state index is 8.78. The van der Waals surface area contributed by atoms with Crippen molar-refractivity contribution in [3.8, 4) is 11.8 Å². The quantitative estimate of drug-likeness (QED) is 0.849. The second-order valence-electron chi connectivity index (χ2n) is 7.12. The molecule has 4 bridgehead atoms. The number of nitrogens with zero attached hydrogens (tertiary/aromatic N) is 1. The average Bonchev–Trinajstić information content (AvgIpc) is 2.82. The van der Waals surface area contributed by atoms with Gasteiger partial charge in [0.2, 0.25) is 0 Å². The zero-order valence-electron chi connectivity index (χ0n) is 12.4. The molecule has 4 aliphatic rings. The van der Waals surface area contributed by atoms with E-state index in [1.165, 1.54) is 43.5 Å². The van der Waals surface area contributed by atoms with Crippen LogP contribution in [0.15, 0.2) is 11.4 Å². The Morgan fingerprint density at radius 1 is 1.14 bits per heavy atom. The van der Waals surface area contributed by atoms with Gasteiger partial charge in [0.25, 0.3) is 0 Å². The third-order valence-electron chi connectivity index (χ3n) is 5.54. The molecule has 3 heterocycles. The van der Waals surface area contributed by atoms with Crippen molar-refractivity contribution in [2.75, 3.05) is 13.2 Å². The van der Waals surface area contributed by atoms with Gasteiger partial charge in [0, 0.05) is 35.0 Å². The highest BCUT2D eigenvalue weighted by atomic mass is 32.1. The Kier molecular flexibility index (Phi) is 3.79. The standard InChI is InChI=1S/C18H23NOS/c20-3-1-2-13-9-18(21-12-13)11-19-10-16-5-14-4-15(6-16)8-17(19)7-14/h9,12,14-17,20H,3-8,10-11H2/t14-,15+,16?,17?. The molecule has 1 aromatic rings. The van der Waals surface area contributed by atoms with Crippen molar-refractivity contribution in [1.29, 1.82) is 0 Å². The van der Waals surface area contributed by atoms with Gasteiger partial charge in [0.15, 0.2) is 0 Å². The molecule has 4 fully saturated rings. The van der Waals surface area contributed by atoms with Gasteiger partial charge in [-0.3, -0.25) is 4.90 Å². The topological polar surface area (TPSA) is 23.5 Å². The van der Waals surface area contributed by atoms with Crippen molar-refractivity contribution < 1.29 is 5.11 Å². The third kappa shape index (κ3) is 2.90. The van der Waals surface area contributed by atoms with Gasteiger partial charge >= 0.3 is 0 Å². The van der Waals surface area contributed by atoms with E-state index in [0.717, 1.165) is 35.9 Å². The Morgan fingerprint density at radius 2 is 1.90 bits per heavy atom. The van der Waals surface area contributed by atoms with Crippen LogP contribution in [0.5, 0.6) is 0 Å². The summed E-state index contributed by atoms with van der Waals surface area (Å²) in [5, 5.41) is 10.9. The maximum Gasteiger partial charge on any atom is 0.104 e. The lowest BCUT2D eigenvalue weighted by atomic mass is 9.68. The molecule has 1 N–H and O–H groups in total. The molecule has 0 aromatic carbocycles. The summed E-state index contributed by atoms with van der Waals surface area (Å²) in [4.78, 5) is 4.19. The molecule has 4 atom stereocenters. The molecule has 2 aliphatic carbocycles. The second-order valence-corrected chi connectivity index (χ2v) is 8.12. The van der Waals surface area contributed by atoms with Gasteiger partial charge in [0.1, 0.15) is 6.61 Å². The van der Waals surface area contributed by atoms with Crippen LogP contribution < -0.4 is 0 Å². The first-order valence-electron chi connectivity index (χ1n) is 8.21. The van der Waals surface area contributed by atoms with E-state index >= 15 is 0 Å². The normalized spacial score (nSPS) is 34.5. The van der Waals surface area contributed by atoms with Crippen molar-refractivity contribution in [2.24, 2.45) is 17.8 Å². The van der Waals surface area contributed by atoms with Crippen LogP contribution in [0, 0.1) is 29.6 Å². The summed E-state index contributed by atoms with van der Waals surface area (Å²) in [5.41, 5.74) is 1.06. The lowest BCUT2D eigenvalue weighted by molar-refractivity contribution is 0.123. The van der Waals surface area contributed by atoms with E-state index in [9.17, 15) is 0 Å². The molecule has 1 aromatic heterocycles. The predicted molar refractivity (Wildman–Crippen MR) is 86.0 cm³/mol. The van der Waals surface area contributed by atoms with Gasteiger partial charge in [-0.05, 0) is 55.9 Å². The number of thiophene rings is 1. The zero-order valence-corrected chi connectivity index (χ0v) is 13.2. The van der Waals surface area contributed by atoms with E-state index in [1.807, 2.05) is 11.3 Å². The number of fused-ring (bicyclic) bond motifs is 1. The first-order valence-corrected chi connectivity index (χ1v) is 9.09. The van der Waals surface area contributed by atoms with Crippen LogP contribution in [0.2, 0.25) is 0 Å². The highest BCUT2D eigenvalue weighted by Crippen LogP contribution is 2.47. The summed E-state index contributed by atoms with van der Waals surface area (Å²) < 4.78 is 0. The van der Waals surface area contributed by atoms with Crippen LogP contribution in [-0.2, 0) is 6.54 Å². The highest BCUT2D eigenvalue weighted by Gasteiger charge is 2.42. The fraction of sp³-hybridized carbons (Fsp3) is 0.667. The molecule has 5 rings (SSSR count). The summed E-state index contributed by atoms with van der Waals surface area (Å²) in [6, 6.07) is 3.04. The molecule has 2 unspecified atom stereocenters. The third-order valence-corrected chi connectivity index (χ3v) is 6.47. The number of hydrogen-bond acceptors (Lipinski definition) is 3. The minimum absolute atomic E-state index is 0.0518. The van der Waals surface area contributed by atoms with E-state index in [2.05, 4.69) is 28.2 Å². The van der Waals surface area contributed by atoms with Crippen molar-refractivity contribution in [3.63, 3.8) is 0 Å². The van der Waals surface area contributed by atoms with Crippen molar-refractivity contribution >= 4 is 11.3 Å². The minimum Gasteiger partial charge on any atom is -0.384 e. The Balaban J connectivity index is 1.48. The van der Waals surface area contributed by atoms with Crippen molar-refractivity contribution in [2.45, 2.75) is 44.7 Å². The molecular formula is C18H23NOS. The van der Waals surface area contributed by atoms with Crippen molar-refractivity contribution in [1.82, 2.24) is 4.90 Å². The number of rotatable bonds is 2. The molecule has 0 amide bonds. The molecule has 2 saturated carbocycles. The lowest BCUT2D eigenvalue weighted by Gasteiger charge is -2.39. The lowest BCUT2D eigenvalue weighted by Crippen LogP contribution is -2.37. The van der Waals surface area contributed by atoms with E-state index in [-0.39, 0.29) is 6.61 Å². The van der Waals surface area contributed by atoms with Gasteiger partial charge in [-0.15, -0.1) is 11.3 Å². The molecule has 2 nitrogen and oxygen atoms in total. The fourth-order valence-electron chi connectivity index (χ4n) is 4.95. The van der Waals surface area contributed by atoms with Crippen LogP contribution in [0.1, 0.15) is 42.5 Å². The first kappa shape index (κ1) is 13.8. The number of aliphatic hydroxyl groups excluding tert-OH is 1. The molecule has 3 heteroatoms. The van der Waals surface area contributed by atoms with E-state index in [1.54, 1.807) is 0 Å². The minimum atomic E-state index is -0.0518. The summed E-state index contributed by atoms with van der Waals surface area (Å²) in [6.45, 7) is 2.36. The predicted octanol–water partition coefficient (Wildman–Crippen LogP) is 3.10. The van der Waals surface area contributed by atoms with Gasteiger partial charge in [-0.25, -0.2) is 0 Å². The van der Waals surface area contributed by atoms with Gasteiger partial charge in [0.05, 0.1) is 0 Å². The first-order chi connectivity index (χ1) is 10.3. The second kappa shape index (κ2) is 5.76. The van der Waals surface area contributed by atoms with E-state index in [4.69, 9.17) is 5.11 Å². The van der Waals surface area contributed by atoms with Gasteiger partial charge in [-0.1, -0.05) is 11.8 Å². The van der Waals surface area contributed by atoms with Crippen LogP contribution in [-0.4, -0.2) is 29.2 Å². The number of aliphatic hydroxyl groups is 1. The highest BCUT2D eigenvalue weighted by molar-refractivity contribution is 7.10. The maximum atomic E-state index is 8.78. The smallest absolute Gasteiger partial charge is 0.104 e. The number of hydrogen-bond donors (Lipinski definition) is 1. The molecule has 2 saturated heterocycles. The Morgan fingerprint density at radius 3 is 2.67 bits per heavy atom. The summed E-state index contributed by atoms with van der Waals surface area (Å²) in [6.07, 6.45) is 7.37. The van der Waals surface area contributed by atoms with Crippen LogP contribution >= 0.6 is 11.3 Å². The average molecular weight is 301 g/mol. The zero-order chi connectivity index (χ0) is 14.2. The van der Waals surface area contributed by atoms with Crippen molar-refractivity contribution in [3.05, 3.63) is 21.9 Å². The largest absolute Gasteiger partial charge is 0.384 e. The fourth-order valence-corrected chi connectivity index (χ4v) is 5.79. The van der Waals surface area contributed by atoms with Crippen LogP contribution in [0.25, 0.3) is 0 Å². The summed E-state index contributed by atoms with van der Waals surface area (Å²) in [5.74, 6) is 8.75. The Labute approximate surface area is 131 Å². The summed E-state index contributed by atoms with van der Waals surface area (Å²) >= 11 is 1.82. The Bertz CT molecular complexity index is 555. The Hall–Kier alpha value is -0.820. The molecule has 112 valence electrons. The van der Waals surface area contributed by atoms with Gasteiger partial charge in [-0.2, -0.15) is 0 Å². The van der Waals surface area contributed by atoms with E-state index < -0.39 is 0 Å². The monoisotopic (exact) mass is 301 g/mol. The molecular weight excluding hydrogens is 278 g/mol. The van der Waals surface area contributed by atoms with Crippen LogP contribution in [0.3, 0.4) is 0 Å². The van der Waals surface area contributed by atoms with Crippen LogP contribution in [0.4, 0.5) is 0 Å².